The number of allylic oxidation sites excluding steroid dienone is 1. The summed E-state index contributed by atoms with van der Waals surface area (Å²) in [6.45, 7) is 7.52. The number of nitrogens with zero attached hydrogens (tertiary/aromatic N) is 3. The van der Waals surface area contributed by atoms with Crippen molar-refractivity contribution in [2.45, 2.75) is 39.0 Å². The molecule has 0 aliphatic heterocycles. The van der Waals surface area contributed by atoms with Crippen molar-refractivity contribution in [3.8, 4) is 0 Å². The van der Waals surface area contributed by atoms with Crippen molar-refractivity contribution >= 4 is 0 Å². The van der Waals surface area contributed by atoms with Gasteiger partial charge >= 0.3 is 0 Å². The Balaban J connectivity index is 3.24. The van der Waals surface area contributed by atoms with Gasteiger partial charge in [-0.3, -0.25) is 0 Å². The first-order valence-corrected chi connectivity index (χ1v) is 3.97. The molecular formula is C8H14N3. The van der Waals surface area contributed by atoms with Crippen molar-refractivity contribution in [1.82, 2.24) is 0 Å². The van der Waals surface area contributed by atoms with E-state index in [4.69, 9.17) is 12.1 Å². The third-order valence-corrected chi connectivity index (χ3v) is 1.46. The molecule has 61 valence electrons. The van der Waals surface area contributed by atoms with Crippen LogP contribution in [0.1, 0.15) is 39.0 Å². The zero-order chi connectivity index (χ0) is 8.53. The summed E-state index contributed by atoms with van der Waals surface area (Å²) in [6, 6.07) is 0. The smallest absolute Gasteiger partial charge is 0.0150 e. The highest BCUT2D eigenvalue weighted by Crippen LogP contribution is 2.08. The normalized spacial score (nSPS) is 8.82. The lowest BCUT2D eigenvalue weighted by Crippen LogP contribution is -1.78. The number of hydrogen-bond acceptors (Lipinski definition) is 1. The molecule has 0 saturated carbocycles. The highest BCUT2D eigenvalue weighted by atomic mass is 15.1. The summed E-state index contributed by atoms with van der Waals surface area (Å²) in [5, 5.41) is 3.30. The van der Waals surface area contributed by atoms with Gasteiger partial charge in [0.1, 0.15) is 0 Å². The van der Waals surface area contributed by atoms with Crippen molar-refractivity contribution in [2.24, 2.45) is 5.11 Å². The highest BCUT2D eigenvalue weighted by Gasteiger charge is 1.90. The number of hydrogen-bond donors (Lipinski definition) is 0. The molecule has 3 nitrogen and oxygen atoms in total. The molecule has 0 rings (SSSR count). The Morgan fingerprint density at radius 3 is 2.73 bits per heavy atom. The largest absolute Gasteiger partial charge is 0.0654 e. The standard InChI is InChI=1S/C8H14N3/c1-3-4-5-6-7-8(2)10-11-9/h2H,3-7H2,1H3. The Labute approximate surface area is 67.7 Å². The van der Waals surface area contributed by atoms with Gasteiger partial charge in [0.25, 0.3) is 0 Å². The zero-order valence-corrected chi connectivity index (χ0v) is 6.95. The number of azide groups is 1. The third kappa shape index (κ3) is 6.94. The highest BCUT2D eigenvalue weighted by molar-refractivity contribution is 4.87. The fourth-order valence-electron chi connectivity index (χ4n) is 0.840. The molecule has 0 spiro atoms. The van der Waals surface area contributed by atoms with Crippen LogP contribution >= 0.6 is 0 Å². The van der Waals surface area contributed by atoms with Gasteiger partial charge in [-0.15, -0.1) is 0 Å². The predicted octanol–water partition coefficient (Wildman–Crippen LogP) is 3.58. The van der Waals surface area contributed by atoms with Gasteiger partial charge in [-0.2, -0.15) is 0 Å². The van der Waals surface area contributed by atoms with Crippen molar-refractivity contribution in [2.75, 3.05) is 0 Å². The van der Waals surface area contributed by atoms with Gasteiger partial charge in [0.15, 0.2) is 0 Å². The molecule has 0 amide bonds. The van der Waals surface area contributed by atoms with Crippen molar-refractivity contribution < 1.29 is 0 Å². The van der Waals surface area contributed by atoms with E-state index in [1.54, 1.807) is 0 Å². The molecule has 1 radical (unpaired) electrons. The molecular weight excluding hydrogens is 138 g/mol. The van der Waals surface area contributed by atoms with E-state index >= 15 is 0 Å². The molecule has 0 aliphatic carbocycles. The molecule has 0 heterocycles. The van der Waals surface area contributed by atoms with Crippen LogP contribution in [0.2, 0.25) is 0 Å². The summed E-state index contributed by atoms with van der Waals surface area (Å²) in [6.07, 6.45) is 5.35. The van der Waals surface area contributed by atoms with Gasteiger partial charge < -0.3 is 0 Å². The van der Waals surface area contributed by atoms with E-state index in [1.807, 2.05) is 0 Å². The second kappa shape index (κ2) is 7.16. The fourth-order valence-corrected chi connectivity index (χ4v) is 0.840. The van der Waals surface area contributed by atoms with Crippen LogP contribution in [0, 0.1) is 6.58 Å². The molecule has 0 unspecified atom stereocenters. The van der Waals surface area contributed by atoms with Crippen LogP contribution in [-0.4, -0.2) is 0 Å². The van der Waals surface area contributed by atoms with Crippen LogP contribution in [0.3, 0.4) is 0 Å². The lowest BCUT2D eigenvalue weighted by molar-refractivity contribution is 0.662. The summed E-state index contributed by atoms with van der Waals surface area (Å²) < 4.78 is 0. The number of unbranched alkanes of at least 4 members (excludes halogenated alkanes) is 3. The third-order valence-electron chi connectivity index (χ3n) is 1.46. The molecule has 0 atom stereocenters. The van der Waals surface area contributed by atoms with E-state index in [1.165, 1.54) is 12.8 Å². The Kier molecular flexibility index (Phi) is 6.54. The van der Waals surface area contributed by atoms with E-state index in [-0.39, 0.29) is 0 Å². The quantitative estimate of drug-likeness (QED) is 0.242. The summed E-state index contributed by atoms with van der Waals surface area (Å²) >= 11 is 0. The van der Waals surface area contributed by atoms with Crippen molar-refractivity contribution in [1.29, 1.82) is 0 Å². The molecule has 0 saturated heterocycles. The maximum atomic E-state index is 8.00. The Hall–Kier alpha value is -0.950. The topological polar surface area (TPSA) is 48.8 Å². The molecule has 0 bridgehead atoms. The average Bonchev–Trinajstić information content (AvgIpc) is 1.99. The van der Waals surface area contributed by atoms with Gasteiger partial charge in [0.2, 0.25) is 0 Å². The molecule has 0 aromatic rings. The van der Waals surface area contributed by atoms with Crippen LogP contribution < -0.4 is 0 Å². The molecule has 0 aromatic carbocycles. The Morgan fingerprint density at radius 2 is 2.18 bits per heavy atom. The fraction of sp³-hybridized carbons (Fsp3) is 0.750. The molecule has 0 fully saturated rings. The first-order chi connectivity index (χ1) is 5.31. The van der Waals surface area contributed by atoms with E-state index in [9.17, 15) is 0 Å². The second-order valence-electron chi connectivity index (χ2n) is 2.49. The predicted molar refractivity (Wildman–Crippen MR) is 45.7 cm³/mol. The van der Waals surface area contributed by atoms with E-state index < -0.39 is 0 Å². The molecule has 3 heteroatoms. The summed E-state index contributed by atoms with van der Waals surface area (Å²) in [4.78, 5) is 2.60. The minimum Gasteiger partial charge on any atom is -0.0654 e. The molecule has 0 N–H and O–H groups in total. The van der Waals surface area contributed by atoms with Crippen molar-refractivity contribution in [3.63, 3.8) is 0 Å². The van der Waals surface area contributed by atoms with Gasteiger partial charge in [-0.1, -0.05) is 37.9 Å². The maximum absolute atomic E-state index is 8.00. The SMILES string of the molecule is [CH]=C(CCCCCC)N=[N+]=[N-]. The van der Waals surface area contributed by atoms with Crippen LogP contribution in [-0.2, 0) is 0 Å². The Bertz CT molecular complexity index is 157. The molecule has 0 aromatic heterocycles. The maximum Gasteiger partial charge on any atom is 0.0150 e. The van der Waals surface area contributed by atoms with E-state index in [2.05, 4.69) is 16.9 Å². The summed E-state index contributed by atoms with van der Waals surface area (Å²) in [5.74, 6) is 0. The van der Waals surface area contributed by atoms with Crippen LogP contribution in [0.5, 0.6) is 0 Å². The second-order valence-corrected chi connectivity index (χ2v) is 2.49. The van der Waals surface area contributed by atoms with Gasteiger partial charge in [-0.25, -0.2) is 0 Å². The Morgan fingerprint density at radius 1 is 1.45 bits per heavy atom. The molecule has 0 aliphatic rings. The zero-order valence-electron chi connectivity index (χ0n) is 6.95. The van der Waals surface area contributed by atoms with E-state index in [0.717, 1.165) is 19.3 Å². The first kappa shape index (κ1) is 10.0. The molecule has 11 heavy (non-hydrogen) atoms. The van der Waals surface area contributed by atoms with Crippen LogP contribution in [0.4, 0.5) is 0 Å². The van der Waals surface area contributed by atoms with Crippen LogP contribution in [0.25, 0.3) is 10.4 Å². The average molecular weight is 152 g/mol. The van der Waals surface area contributed by atoms with Gasteiger partial charge in [0.05, 0.1) is 0 Å². The minimum absolute atomic E-state index is 0.406. The number of rotatable bonds is 6. The van der Waals surface area contributed by atoms with Crippen molar-refractivity contribution in [3.05, 3.63) is 22.7 Å². The lowest BCUT2D eigenvalue weighted by Gasteiger charge is -1.96. The van der Waals surface area contributed by atoms with Gasteiger partial charge in [-0.05, 0) is 18.4 Å². The lowest BCUT2D eigenvalue weighted by atomic mass is 10.1. The minimum atomic E-state index is 0.406. The van der Waals surface area contributed by atoms with Crippen LogP contribution in [0.15, 0.2) is 10.8 Å². The summed E-state index contributed by atoms with van der Waals surface area (Å²) in [7, 11) is 0. The monoisotopic (exact) mass is 152 g/mol. The summed E-state index contributed by atoms with van der Waals surface area (Å²) in [5.41, 5.74) is 8.40. The van der Waals surface area contributed by atoms with Gasteiger partial charge in [0, 0.05) is 10.6 Å². The first-order valence-electron chi connectivity index (χ1n) is 3.97. The van der Waals surface area contributed by atoms with E-state index in [0.29, 0.717) is 5.70 Å².